The number of anilines is 1. The molecule has 0 saturated carbocycles. The molecule has 0 aliphatic heterocycles. The quantitative estimate of drug-likeness (QED) is 0.727. The van der Waals surface area contributed by atoms with Gasteiger partial charge in [0.2, 0.25) is 0 Å². The first kappa shape index (κ1) is 12.9. The number of hydrogen-bond acceptors (Lipinski definition) is 2. The van der Waals surface area contributed by atoms with E-state index in [-0.39, 0.29) is 6.03 Å². The van der Waals surface area contributed by atoms with Crippen molar-refractivity contribution in [3.8, 4) is 0 Å². The van der Waals surface area contributed by atoms with Gasteiger partial charge in [0.15, 0.2) is 0 Å². The lowest BCUT2D eigenvalue weighted by molar-refractivity contribution is 0.251. The summed E-state index contributed by atoms with van der Waals surface area (Å²) >= 11 is 3.36. The second-order valence-electron chi connectivity index (χ2n) is 4.45. The number of halogens is 1. The number of rotatable bonds is 1. The molecule has 0 unspecified atom stereocenters. The standard InChI is InChI=1S/C15H12BrN3O/c1-10-13-4-2-3-5-14(13)19(18-10)15(20)17-12-8-6-11(16)7-9-12/h2-9H,1H3,(H,17,20). The fourth-order valence-electron chi connectivity index (χ4n) is 2.09. The highest BCUT2D eigenvalue weighted by atomic mass is 79.9. The predicted octanol–water partition coefficient (Wildman–Crippen LogP) is 4.19. The summed E-state index contributed by atoms with van der Waals surface area (Å²) < 4.78 is 2.36. The Balaban J connectivity index is 1.95. The second kappa shape index (κ2) is 5.09. The third-order valence-electron chi connectivity index (χ3n) is 3.06. The van der Waals surface area contributed by atoms with Crippen LogP contribution in [0.4, 0.5) is 10.5 Å². The van der Waals surface area contributed by atoms with Gasteiger partial charge < -0.3 is 5.32 Å². The molecule has 0 bridgehead atoms. The van der Waals surface area contributed by atoms with Gasteiger partial charge in [-0.3, -0.25) is 0 Å². The number of amides is 1. The van der Waals surface area contributed by atoms with Gasteiger partial charge in [-0.2, -0.15) is 9.78 Å². The van der Waals surface area contributed by atoms with E-state index in [4.69, 9.17) is 0 Å². The maximum Gasteiger partial charge on any atom is 0.347 e. The van der Waals surface area contributed by atoms with E-state index in [1.807, 2.05) is 55.5 Å². The van der Waals surface area contributed by atoms with Crippen LogP contribution in [0.25, 0.3) is 10.9 Å². The Hall–Kier alpha value is -2.14. The van der Waals surface area contributed by atoms with Crippen LogP contribution in [0.1, 0.15) is 5.69 Å². The molecule has 0 fully saturated rings. The van der Waals surface area contributed by atoms with Crippen LogP contribution in [0.2, 0.25) is 0 Å². The van der Waals surface area contributed by atoms with Gasteiger partial charge in [0.25, 0.3) is 0 Å². The average molecular weight is 330 g/mol. The summed E-state index contributed by atoms with van der Waals surface area (Å²) in [5.41, 5.74) is 2.38. The number of nitrogens with zero attached hydrogens (tertiary/aromatic N) is 2. The van der Waals surface area contributed by atoms with Gasteiger partial charge in [-0.1, -0.05) is 34.1 Å². The topological polar surface area (TPSA) is 46.9 Å². The van der Waals surface area contributed by atoms with E-state index in [1.54, 1.807) is 0 Å². The Morgan fingerprint density at radius 2 is 1.85 bits per heavy atom. The average Bonchev–Trinajstić information content (AvgIpc) is 2.79. The minimum absolute atomic E-state index is 0.267. The highest BCUT2D eigenvalue weighted by Gasteiger charge is 2.12. The number of benzene rings is 2. The number of fused-ring (bicyclic) bond motifs is 1. The van der Waals surface area contributed by atoms with Crippen LogP contribution < -0.4 is 5.32 Å². The van der Waals surface area contributed by atoms with Crippen molar-refractivity contribution in [1.29, 1.82) is 0 Å². The van der Waals surface area contributed by atoms with Crippen molar-refractivity contribution >= 4 is 38.6 Å². The van der Waals surface area contributed by atoms with Crippen molar-refractivity contribution in [3.63, 3.8) is 0 Å². The lowest BCUT2D eigenvalue weighted by Gasteiger charge is -2.05. The smallest absolute Gasteiger partial charge is 0.306 e. The largest absolute Gasteiger partial charge is 0.347 e. The summed E-state index contributed by atoms with van der Waals surface area (Å²) in [5.74, 6) is 0. The number of nitrogens with one attached hydrogen (secondary N) is 1. The Labute approximate surface area is 124 Å². The number of para-hydroxylation sites is 1. The molecular formula is C15H12BrN3O. The van der Waals surface area contributed by atoms with Crippen molar-refractivity contribution in [3.05, 3.63) is 58.7 Å². The van der Waals surface area contributed by atoms with Crippen LogP contribution in [0.5, 0.6) is 0 Å². The molecule has 100 valence electrons. The fourth-order valence-corrected chi connectivity index (χ4v) is 2.35. The first-order valence-electron chi connectivity index (χ1n) is 6.16. The van der Waals surface area contributed by atoms with Gasteiger partial charge in [-0.25, -0.2) is 4.79 Å². The van der Waals surface area contributed by atoms with Gasteiger partial charge in [-0.15, -0.1) is 0 Å². The third-order valence-corrected chi connectivity index (χ3v) is 3.59. The SMILES string of the molecule is Cc1nn(C(=O)Nc2ccc(Br)cc2)c2ccccc12. The second-order valence-corrected chi connectivity index (χ2v) is 5.37. The van der Waals surface area contributed by atoms with E-state index >= 15 is 0 Å². The maximum atomic E-state index is 12.3. The van der Waals surface area contributed by atoms with Crippen LogP contribution in [-0.4, -0.2) is 15.8 Å². The molecule has 3 aromatic rings. The molecule has 0 spiro atoms. The summed E-state index contributed by atoms with van der Waals surface area (Å²) in [6.07, 6.45) is 0. The van der Waals surface area contributed by atoms with E-state index in [0.29, 0.717) is 0 Å². The number of hydrogen-bond donors (Lipinski definition) is 1. The zero-order valence-electron chi connectivity index (χ0n) is 10.8. The molecule has 2 aromatic carbocycles. The third kappa shape index (κ3) is 2.32. The van der Waals surface area contributed by atoms with Crippen molar-refractivity contribution in [2.24, 2.45) is 0 Å². The number of carbonyl (C=O) groups excluding carboxylic acids is 1. The van der Waals surface area contributed by atoms with Crippen LogP contribution in [0, 0.1) is 6.92 Å². The highest BCUT2D eigenvalue weighted by molar-refractivity contribution is 9.10. The number of aromatic nitrogens is 2. The molecule has 5 heteroatoms. The first-order chi connectivity index (χ1) is 9.65. The summed E-state index contributed by atoms with van der Waals surface area (Å²) in [7, 11) is 0. The molecule has 3 rings (SSSR count). The maximum absolute atomic E-state index is 12.3. The van der Waals surface area contributed by atoms with E-state index in [0.717, 1.165) is 26.8 Å². The minimum Gasteiger partial charge on any atom is -0.306 e. The van der Waals surface area contributed by atoms with E-state index in [9.17, 15) is 4.79 Å². The van der Waals surface area contributed by atoms with Crippen molar-refractivity contribution in [2.45, 2.75) is 6.92 Å². The Morgan fingerprint density at radius 3 is 2.60 bits per heavy atom. The summed E-state index contributed by atoms with van der Waals surface area (Å²) in [4.78, 5) is 12.3. The molecule has 4 nitrogen and oxygen atoms in total. The molecule has 1 N–H and O–H groups in total. The van der Waals surface area contributed by atoms with Gasteiger partial charge in [0.05, 0.1) is 11.2 Å². The molecule has 0 aliphatic carbocycles. The van der Waals surface area contributed by atoms with Crippen molar-refractivity contribution in [1.82, 2.24) is 9.78 Å². The zero-order chi connectivity index (χ0) is 14.1. The normalized spacial score (nSPS) is 10.7. The summed E-state index contributed by atoms with van der Waals surface area (Å²) in [6.45, 7) is 1.89. The molecular weight excluding hydrogens is 318 g/mol. The Kier molecular flexibility index (Phi) is 3.28. The molecule has 1 heterocycles. The van der Waals surface area contributed by atoms with Gasteiger partial charge in [0, 0.05) is 15.5 Å². The van der Waals surface area contributed by atoms with E-state index < -0.39 is 0 Å². The van der Waals surface area contributed by atoms with Crippen LogP contribution >= 0.6 is 15.9 Å². The van der Waals surface area contributed by atoms with Crippen LogP contribution in [-0.2, 0) is 0 Å². The summed E-state index contributed by atoms with van der Waals surface area (Å²) in [5, 5.41) is 8.12. The molecule has 0 saturated heterocycles. The lowest BCUT2D eigenvalue weighted by atomic mass is 10.2. The lowest BCUT2D eigenvalue weighted by Crippen LogP contribution is -2.20. The molecule has 1 aromatic heterocycles. The van der Waals surface area contributed by atoms with Gasteiger partial charge in [-0.05, 0) is 37.3 Å². The summed E-state index contributed by atoms with van der Waals surface area (Å²) in [6, 6.07) is 14.8. The fraction of sp³-hybridized carbons (Fsp3) is 0.0667. The molecule has 1 amide bonds. The minimum atomic E-state index is -0.267. The van der Waals surface area contributed by atoms with Gasteiger partial charge >= 0.3 is 6.03 Å². The molecule has 0 aliphatic rings. The van der Waals surface area contributed by atoms with Crippen molar-refractivity contribution < 1.29 is 4.79 Å². The number of aryl methyl sites for hydroxylation is 1. The molecule has 20 heavy (non-hydrogen) atoms. The molecule has 0 atom stereocenters. The van der Waals surface area contributed by atoms with E-state index in [1.165, 1.54) is 4.68 Å². The Morgan fingerprint density at radius 1 is 1.15 bits per heavy atom. The zero-order valence-corrected chi connectivity index (χ0v) is 12.4. The first-order valence-corrected chi connectivity index (χ1v) is 6.96. The Bertz CT molecular complexity index is 777. The highest BCUT2D eigenvalue weighted by Crippen LogP contribution is 2.19. The van der Waals surface area contributed by atoms with Gasteiger partial charge in [0.1, 0.15) is 0 Å². The number of carbonyl (C=O) groups is 1. The van der Waals surface area contributed by atoms with E-state index in [2.05, 4.69) is 26.3 Å². The van der Waals surface area contributed by atoms with Crippen molar-refractivity contribution in [2.75, 3.05) is 5.32 Å². The van der Waals surface area contributed by atoms with Crippen LogP contribution in [0.15, 0.2) is 53.0 Å². The monoisotopic (exact) mass is 329 g/mol. The van der Waals surface area contributed by atoms with Crippen LogP contribution in [0.3, 0.4) is 0 Å². The predicted molar refractivity (Wildman–Crippen MR) is 83.0 cm³/mol. The molecule has 0 radical (unpaired) electrons.